The number of carbonyl (C=O) groups excluding carboxylic acids is 2. The van der Waals surface area contributed by atoms with Crippen LogP contribution in [0.4, 0.5) is 10.1 Å². The average Bonchev–Trinajstić information content (AvgIpc) is 3.23. The van der Waals surface area contributed by atoms with Crippen LogP contribution in [-0.4, -0.2) is 42.7 Å². The van der Waals surface area contributed by atoms with Gasteiger partial charge in [-0.15, -0.1) is 11.8 Å². The van der Waals surface area contributed by atoms with Crippen LogP contribution in [0.25, 0.3) is 0 Å². The lowest BCUT2D eigenvalue weighted by Crippen LogP contribution is -2.42. The summed E-state index contributed by atoms with van der Waals surface area (Å²) in [4.78, 5) is 27.4. The van der Waals surface area contributed by atoms with Crippen LogP contribution in [0, 0.1) is 5.82 Å². The fraction of sp³-hybridized carbons (Fsp3) is 0.263. The molecule has 2 atom stereocenters. The average molecular weight is 388 g/mol. The summed E-state index contributed by atoms with van der Waals surface area (Å²) in [5.74, 6) is 0.405. The molecule has 2 aliphatic heterocycles. The number of halogens is 1. The van der Waals surface area contributed by atoms with Crippen molar-refractivity contribution in [2.24, 2.45) is 0 Å². The van der Waals surface area contributed by atoms with Crippen molar-refractivity contribution >= 4 is 29.3 Å². The summed E-state index contributed by atoms with van der Waals surface area (Å²) in [5.41, 5.74) is 1.74. The number of nitrogens with one attached hydrogen (secondary N) is 1. The SMILES string of the molecule is COc1ccc2c(c1OC)C(=O)N1[C@@H](C(=O)Nc3ccc(F)cc3)CS[C@@H]21. The van der Waals surface area contributed by atoms with Crippen LogP contribution in [0.3, 0.4) is 0 Å². The van der Waals surface area contributed by atoms with Gasteiger partial charge < -0.3 is 19.7 Å². The second kappa shape index (κ2) is 6.77. The lowest BCUT2D eigenvalue weighted by Gasteiger charge is -2.22. The van der Waals surface area contributed by atoms with E-state index in [0.717, 1.165) is 5.56 Å². The molecule has 0 saturated carbocycles. The van der Waals surface area contributed by atoms with Crippen molar-refractivity contribution in [1.82, 2.24) is 4.90 Å². The molecule has 1 N–H and O–H groups in total. The number of benzene rings is 2. The molecule has 0 aromatic heterocycles. The van der Waals surface area contributed by atoms with Crippen LogP contribution in [-0.2, 0) is 4.79 Å². The fourth-order valence-corrected chi connectivity index (χ4v) is 4.91. The molecule has 2 heterocycles. The number of ether oxygens (including phenoxy) is 2. The second-order valence-corrected chi connectivity index (χ2v) is 7.29. The maximum atomic E-state index is 13.1. The van der Waals surface area contributed by atoms with Gasteiger partial charge in [-0.25, -0.2) is 4.39 Å². The molecule has 1 saturated heterocycles. The summed E-state index contributed by atoms with van der Waals surface area (Å²) in [5, 5.41) is 2.51. The molecule has 2 aromatic rings. The van der Waals surface area contributed by atoms with Crippen LogP contribution in [0.5, 0.6) is 11.5 Å². The Kier molecular flexibility index (Phi) is 4.43. The molecule has 2 aromatic carbocycles. The summed E-state index contributed by atoms with van der Waals surface area (Å²) in [6.45, 7) is 0. The molecule has 4 rings (SSSR count). The summed E-state index contributed by atoms with van der Waals surface area (Å²) >= 11 is 1.53. The largest absolute Gasteiger partial charge is 0.493 e. The minimum atomic E-state index is -0.624. The topological polar surface area (TPSA) is 67.9 Å². The van der Waals surface area contributed by atoms with E-state index in [1.165, 1.54) is 50.2 Å². The Morgan fingerprint density at radius 1 is 1.19 bits per heavy atom. The standard InChI is InChI=1S/C19H17FN2O4S/c1-25-14-8-7-12-15(16(14)26-2)18(24)22-13(9-27-19(12)22)17(23)21-11-5-3-10(20)4-6-11/h3-8,13,19H,9H2,1-2H3,(H,21,23)/t13-,19+/m1/s1. The van der Waals surface area contributed by atoms with Gasteiger partial charge in [0.05, 0.1) is 19.8 Å². The monoisotopic (exact) mass is 388 g/mol. The number of anilines is 1. The zero-order valence-corrected chi connectivity index (χ0v) is 15.5. The molecule has 0 bridgehead atoms. The van der Waals surface area contributed by atoms with Crippen molar-refractivity contribution in [3.8, 4) is 11.5 Å². The van der Waals surface area contributed by atoms with Crippen LogP contribution in [0.1, 0.15) is 21.3 Å². The van der Waals surface area contributed by atoms with Crippen LogP contribution in [0.2, 0.25) is 0 Å². The number of nitrogens with zero attached hydrogens (tertiary/aromatic N) is 1. The van der Waals surface area contributed by atoms with E-state index in [-0.39, 0.29) is 23.0 Å². The van der Waals surface area contributed by atoms with Crippen molar-refractivity contribution in [1.29, 1.82) is 0 Å². The molecular weight excluding hydrogens is 371 g/mol. The maximum Gasteiger partial charge on any atom is 0.260 e. The molecule has 27 heavy (non-hydrogen) atoms. The zero-order valence-electron chi connectivity index (χ0n) is 14.7. The molecule has 8 heteroatoms. The quantitative estimate of drug-likeness (QED) is 0.872. The van der Waals surface area contributed by atoms with E-state index in [4.69, 9.17) is 9.47 Å². The van der Waals surface area contributed by atoms with E-state index in [1.807, 2.05) is 6.07 Å². The van der Waals surface area contributed by atoms with Gasteiger partial charge in [0.2, 0.25) is 5.91 Å². The van der Waals surface area contributed by atoms with Crippen LogP contribution < -0.4 is 14.8 Å². The Balaban J connectivity index is 1.62. The number of thioether (sulfide) groups is 1. The second-order valence-electron chi connectivity index (χ2n) is 6.18. The Labute approximate surface area is 159 Å². The molecule has 0 radical (unpaired) electrons. The van der Waals surface area contributed by atoms with Crippen LogP contribution >= 0.6 is 11.8 Å². The molecule has 1 fully saturated rings. The van der Waals surface area contributed by atoms with E-state index in [1.54, 1.807) is 11.0 Å². The number of carbonyl (C=O) groups is 2. The van der Waals surface area contributed by atoms with Crippen molar-refractivity contribution < 1.29 is 23.5 Å². The Bertz CT molecular complexity index is 919. The van der Waals surface area contributed by atoms with Gasteiger partial charge in [0.15, 0.2) is 11.5 Å². The predicted molar refractivity (Wildman–Crippen MR) is 99.7 cm³/mol. The van der Waals surface area contributed by atoms with E-state index < -0.39 is 6.04 Å². The van der Waals surface area contributed by atoms with Gasteiger partial charge in [-0.3, -0.25) is 9.59 Å². The third-order valence-corrected chi connectivity index (χ3v) is 6.01. The minimum Gasteiger partial charge on any atom is -0.493 e. The molecule has 0 aliphatic carbocycles. The van der Waals surface area contributed by atoms with Gasteiger partial charge in [-0.05, 0) is 30.3 Å². The van der Waals surface area contributed by atoms with Gasteiger partial charge >= 0.3 is 0 Å². The van der Waals surface area contributed by atoms with E-state index in [2.05, 4.69) is 5.32 Å². The van der Waals surface area contributed by atoms with Gasteiger partial charge in [-0.1, -0.05) is 6.07 Å². The summed E-state index contributed by atoms with van der Waals surface area (Å²) in [6.07, 6.45) is 0. The van der Waals surface area contributed by atoms with Gasteiger partial charge in [0, 0.05) is 17.0 Å². The minimum absolute atomic E-state index is 0.240. The summed E-state index contributed by atoms with van der Waals surface area (Å²) in [7, 11) is 3.00. The first-order valence-corrected chi connectivity index (χ1v) is 9.35. The van der Waals surface area contributed by atoms with E-state index in [9.17, 15) is 14.0 Å². The summed E-state index contributed by atoms with van der Waals surface area (Å²) in [6, 6.07) is 8.50. The highest BCUT2D eigenvalue weighted by molar-refractivity contribution is 7.99. The Morgan fingerprint density at radius 2 is 1.93 bits per heavy atom. The first-order valence-electron chi connectivity index (χ1n) is 8.30. The van der Waals surface area contributed by atoms with E-state index in [0.29, 0.717) is 28.5 Å². The number of hydrogen-bond donors (Lipinski definition) is 1. The third kappa shape index (κ3) is 2.80. The number of hydrogen-bond acceptors (Lipinski definition) is 5. The first kappa shape index (κ1) is 17.7. The zero-order chi connectivity index (χ0) is 19.1. The third-order valence-electron chi connectivity index (χ3n) is 4.71. The Hall–Kier alpha value is -2.74. The van der Waals surface area contributed by atoms with Crippen molar-refractivity contribution in [3.63, 3.8) is 0 Å². The molecule has 140 valence electrons. The van der Waals surface area contributed by atoms with Gasteiger partial charge in [-0.2, -0.15) is 0 Å². The summed E-state index contributed by atoms with van der Waals surface area (Å²) < 4.78 is 23.7. The van der Waals surface area contributed by atoms with E-state index >= 15 is 0 Å². The smallest absolute Gasteiger partial charge is 0.260 e. The highest BCUT2D eigenvalue weighted by Gasteiger charge is 2.50. The first-order chi connectivity index (χ1) is 13.0. The van der Waals surface area contributed by atoms with Gasteiger partial charge in [0.1, 0.15) is 17.2 Å². The van der Waals surface area contributed by atoms with Crippen molar-refractivity contribution in [2.45, 2.75) is 11.4 Å². The van der Waals surface area contributed by atoms with Crippen molar-refractivity contribution in [2.75, 3.05) is 25.3 Å². The van der Waals surface area contributed by atoms with Crippen molar-refractivity contribution in [3.05, 3.63) is 53.3 Å². The fourth-order valence-electron chi connectivity index (χ4n) is 3.45. The Morgan fingerprint density at radius 3 is 2.59 bits per heavy atom. The molecule has 2 amide bonds. The predicted octanol–water partition coefficient (Wildman–Crippen LogP) is 3.05. The highest BCUT2D eigenvalue weighted by atomic mass is 32.2. The lowest BCUT2D eigenvalue weighted by atomic mass is 10.1. The molecular formula is C19H17FN2O4S. The molecule has 0 spiro atoms. The normalized spacial score (nSPS) is 20.3. The van der Waals surface area contributed by atoms with Crippen LogP contribution in [0.15, 0.2) is 36.4 Å². The number of rotatable bonds is 4. The maximum absolute atomic E-state index is 13.1. The number of amides is 2. The highest BCUT2D eigenvalue weighted by Crippen LogP contribution is 2.52. The van der Waals surface area contributed by atoms with Gasteiger partial charge in [0.25, 0.3) is 5.91 Å². The molecule has 2 aliphatic rings. The lowest BCUT2D eigenvalue weighted by molar-refractivity contribution is -0.119. The molecule has 0 unspecified atom stereocenters. The number of methoxy groups -OCH3 is 2. The number of fused-ring (bicyclic) bond motifs is 3. The molecule has 6 nitrogen and oxygen atoms in total.